The minimum atomic E-state index is -3.79. The number of hydrogen-bond donors (Lipinski definition) is 3. The van der Waals surface area contributed by atoms with Gasteiger partial charge in [-0.1, -0.05) is 19.1 Å². The summed E-state index contributed by atoms with van der Waals surface area (Å²) in [6, 6.07) is 4.62. The lowest BCUT2D eigenvalue weighted by molar-refractivity contribution is -0.151. The normalized spacial score (nSPS) is 15.7. The van der Waals surface area contributed by atoms with Crippen LogP contribution in [0, 0.1) is 0 Å². The van der Waals surface area contributed by atoms with Gasteiger partial charge in [0.15, 0.2) is 0 Å². The highest BCUT2D eigenvalue weighted by molar-refractivity contribution is 7.89. The zero-order valence-corrected chi connectivity index (χ0v) is 16.4. The van der Waals surface area contributed by atoms with Gasteiger partial charge in [-0.3, -0.25) is 9.59 Å². The summed E-state index contributed by atoms with van der Waals surface area (Å²) in [5.74, 6) is -3.26. The highest BCUT2D eigenvalue weighted by Gasteiger charge is 2.38. The Bertz CT molecular complexity index is 890. The maximum absolute atomic E-state index is 12.2. The van der Waals surface area contributed by atoms with E-state index in [1.54, 1.807) is 19.1 Å². The van der Waals surface area contributed by atoms with Crippen molar-refractivity contribution < 1.29 is 42.0 Å². The number of para-hydroxylation sites is 1. The average Bonchev–Trinajstić information content (AvgIpc) is 2.65. The zero-order chi connectivity index (χ0) is 21.6. The Morgan fingerprint density at radius 3 is 2.72 bits per heavy atom. The van der Waals surface area contributed by atoms with Crippen molar-refractivity contribution in [2.24, 2.45) is 5.14 Å². The molecule has 158 valence electrons. The lowest BCUT2D eigenvalue weighted by Crippen LogP contribution is -2.53. The number of fused-ring (bicyclic) bond motifs is 1. The van der Waals surface area contributed by atoms with Crippen LogP contribution < -0.4 is 15.1 Å². The van der Waals surface area contributed by atoms with Crippen LogP contribution in [0.4, 0.5) is 0 Å². The van der Waals surface area contributed by atoms with E-state index in [1.807, 2.05) is 0 Å². The number of benzene rings is 1. The zero-order valence-electron chi connectivity index (χ0n) is 15.6. The SMILES string of the molecule is CCC(=O)OCOC(=O)c1cccc2c1OB(O)C(NC(=O)CCS(N)(=O)=O)C2. The number of carbonyl (C=O) groups excluding carboxylic acids is 3. The lowest BCUT2D eigenvalue weighted by Gasteiger charge is -2.29. The second-order valence-electron chi connectivity index (χ2n) is 6.22. The smallest absolute Gasteiger partial charge is 0.534 e. The first-order valence-electron chi connectivity index (χ1n) is 8.70. The molecule has 1 aromatic rings. The summed E-state index contributed by atoms with van der Waals surface area (Å²) in [6.45, 7) is 1.04. The van der Waals surface area contributed by atoms with Crippen LogP contribution in [-0.2, 0) is 35.5 Å². The highest BCUT2D eigenvalue weighted by Crippen LogP contribution is 2.30. The third kappa shape index (κ3) is 6.73. The minimum absolute atomic E-state index is 0.0214. The first kappa shape index (κ1) is 22.7. The average molecular weight is 428 g/mol. The number of rotatable bonds is 8. The number of nitrogens with two attached hydrogens (primary N) is 1. The molecule has 13 heteroatoms. The van der Waals surface area contributed by atoms with Crippen LogP contribution in [0.25, 0.3) is 0 Å². The van der Waals surface area contributed by atoms with Gasteiger partial charge in [0.1, 0.15) is 11.3 Å². The van der Waals surface area contributed by atoms with Crippen molar-refractivity contribution in [3.8, 4) is 5.75 Å². The molecule has 0 bridgehead atoms. The van der Waals surface area contributed by atoms with E-state index in [-0.39, 0.29) is 30.6 Å². The number of nitrogens with one attached hydrogen (secondary N) is 1. The number of carbonyl (C=O) groups is 3. The number of primary sulfonamides is 1. The monoisotopic (exact) mass is 428 g/mol. The van der Waals surface area contributed by atoms with E-state index in [0.29, 0.717) is 5.56 Å². The van der Waals surface area contributed by atoms with Gasteiger partial charge in [0.25, 0.3) is 0 Å². The Balaban J connectivity index is 2.03. The number of amides is 1. The number of sulfonamides is 1. The molecule has 0 aromatic heterocycles. The molecular formula is C16H21BN2O9S. The van der Waals surface area contributed by atoms with Crippen LogP contribution in [0.1, 0.15) is 35.7 Å². The molecule has 0 aliphatic carbocycles. The van der Waals surface area contributed by atoms with Crippen molar-refractivity contribution in [3.63, 3.8) is 0 Å². The van der Waals surface area contributed by atoms with Gasteiger partial charge in [0.05, 0.1) is 11.7 Å². The molecule has 0 radical (unpaired) electrons. The van der Waals surface area contributed by atoms with Crippen molar-refractivity contribution in [1.29, 1.82) is 0 Å². The second-order valence-corrected chi connectivity index (χ2v) is 7.95. The van der Waals surface area contributed by atoms with Gasteiger partial charge in [-0.25, -0.2) is 18.4 Å². The Morgan fingerprint density at radius 1 is 1.34 bits per heavy atom. The van der Waals surface area contributed by atoms with Crippen molar-refractivity contribution >= 4 is 35.0 Å². The van der Waals surface area contributed by atoms with E-state index in [4.69, 9.17) is 14.5 Å². The molecule has 1 aromatic carbocycles. The van der Waals surface area contributed by atoms with Crippen molar-refractivity contribution in [2.75, 3.05) is 12.5 Å². The summed E-state index contributed by atoms with van der Waals surface area (Å²) in [5, 5.41) is 17.5. The second kappa shape index (κ2) is 9.72. The van der Waals surface area contributed by atoms with E-state index in [2.05, 4.69) is 10.1 Å². The van der Waals surface area contributed by atoms with Crippen LogP contribution in [0.3, 0.4) is 0 Å². The van der Waals surface area contributed by atoms with E-state index < -0.39 is 53.5 Å². The third-order valence-electron chi connectivity index (χ3n) is 4.00. The summed E-state index contributed by atoms with van der Waals surface area (Å²) in [5.41, 5.74) is 0.542. The molecule has 1 aliphatic rings. The van der Waals surface area contributed by atoms with Gasteiger partial charge >= 0.3 is 19.1 Å². The fourth-order valence-corrected chi connectivity index (χ4v) is 3.02. The first-order chi connectivity index (χ1) is 13.6. The summed E-state index contributed by atoms with van der Waals surface area (Å²) >= 11 is 0. The maximum atomic E-state index is 12.2. The van der Waals surface area contributed by atoms with E-state index in [9.17, 15) is 27.8 Å². The molecular weight excluding hydrogens is 407 g/mol. The van der Waals surface area contributed by atoms with Gasteiger partial charge in [-0.15, -0.1) is 0 Å². The third-order valence-corrected chi connectivity index (χ3v) is 4.77. The molecule has 1 aliphatic heterocycles. The maximum Gasteiger partial charge on any atom is 0.547 e. The molecule has 1 amide bonds. The molecule has 0 saturated carbocycles. The fourth-order valence-electron chi connectivity index (χ4n) is 2.55. The molecule has 0 saturated heterocycles. The standard InChI is InChI=1S/C16H21BN2O9S/c1-2-14(21)26-9-27-16(22)11-5-3-4-10-8-12(17(23)28-15(10)11)19-13(20)6-7-29(18,24)25/h3-5,12,23H,2,6-9H2,1H3,(H,19,20)(H2,18,24,25). The summed E-state index contributed by atoms with van der Waals surface area (Å²) < 4.78 is 36.8. The molecule has 1 unspecified atom stereocenters. The Labute approximate surface area is 167 Å². The predicted molar refractivity (Wildman–Crippen MR) is 99.9 cm³/mol. The van der Waals surface area contributed by atoms with E-state index in [1.165, 1.54) is 6.07 Å². The van der Waals surface area contributed by atoms with Gasteiger partial charge in [0.2, 0.25) is 22.7 Å². The number of hydrogen-bond acceptors (Lipinski definition) is 9. The molecule has 0 fully saturated rings. The number of esters is 2. The topological polar surface area (TPSA) is 171 Å². The molecule has 0 spiro atoms. The summed E-state index contributed by atoms with van der Waals surface area (Å²) in [4.78, 5) is 35.2. The van der Waals surface area contributed by atoms with Crippen molar-refractivity contribution in [2.45, 2.75) is 32.1 Å². The van der Waals surface area contributed by atoms with Gasteiger partial charge in [0, 0.05) is 12.8 Å². The summed E-state index contributed by atoms with van der Waals surface area (Å²) in [7, 11) is -5.27. The molecule has 4 N–H and O–H groups in total. The van der Waals surface area contributed by atoms with Crippen molar-refractivity contribution in [1.82, 2.24) is 5.32 Å². The minimum Gasteiger partial charge on any atom is -0.534 e. The molecule has 1 heterocycles. The Hall–Kier alpha value is -2.64. The highest BCUT2D eigenvalue weighted by atomic mass is 32.2. The lowest BCUT2D eigenvalue weighted by atomic mass is 9.72. The molecule has 29 heavy (non-hydrogen) atoms. The first-order valence-corrected chi connectivity index (χ1v) is 10.4. The van der Waals surface area contributed by atoms with Gasteiger partial charge in [-0.2, -0.15) is 0 Å². The molecule has 11 nitrogen and oxygen atoms in total. The number of ether oxygens (including phenoxy) is 2. The quantitative estimate of drug-likeness (QED) is 0.263. The van der Waals surface area contributed by atoms with Gasteiger partial charge < -0.3 is 24.5 Å². The van der Waals surface area contributed by atoms with Crippen LogP contribution in [0.5, 0.6) is 5.75 Å². The van der Waals surface area contributed by atoms with Crippen LogP contribution in [-0.4, -0.2) is 56.9 Å². The van der Waals surface area contributed by atoms with Crippen molar-refractivity contribution in [3.05, 3.63) is 29.3 Å². The molecule has 1 atom stereocenters. The van der Waals surface area contributed by atoms with Crippen LogP contribution >= 0.6 is 0 Å². The van der Waals surface area contributed by atoms with E-state index >= 15 is 0 Å². The van der Waals surface area contributed by atoms with Crippen LogP contribution in [0.15, 0.2) is 18.2 Å². The Kier molecular flexibility index (Phi) is 7.59. The van der Waals surface area contributed by atoms with Gasteiger partial charge in [-0.05, 0) is 18.1 Å². The predicted octanol–water partition coefficient (Wildman–Crippen LogP) is -1.13. The van der Waals surface area contributed by atoms with Crippen LogP contribution in [0.2, 0.25) is 0 Å². The summed E-state index contributed by atoms with van der Waals surface area (Å²) in [6.07, 6.45) is -0.0980. The Morgan fingerprint density at radius 2 is 2.07 bits per heavy atom. The van der Waals surface area contributed by atoms with E-state index in [0.717, 1.165) is 0 Å². The fraction of sp³-hybridized carbons (Fsp3) is 0.438. The largest absolute Gasteiger partial charge is 0.547 e. The molecule has 2 rings (SSSR count).